The van der Waals surface area contributed by atoms with Crippen molar-refractivity contribution in [3.8, 4) is 5.75 Å². The van der Waals surface area contributed by atoms with E-state index in [0.29, 0.717) is 19.6 Å². The molecule has 6 heteroatoms. The number of carbonyl (C=O) groups is 2. The highest BCUT2D eigenvalue weighted by Gasteiger charge is 2.54. The Kier molecular flexibility index (Phi) is 4.99. The Bertz CT molecular complexity index is 645. The first kappa shape index (κ1) is 17.7. The summed E-state index contributed by atoms with van der Waals surface area (Å²) in [5, 5.41) is 9.64. The summed E-state index contributed by atoms with van der Waals surface area (Å²) in [6.45, 7) is 2.03. The van der Waals surface area contributed by atoms with Gasteiger partial charge in [-0.25, -0.2) is 0 Å². The number of likely N-dealkylation sites (tertiary alicyclic amines) is 1. The number of fused-ring (bicyclic) bond motifs is 1. The van der Waals surface area contributed by atoms with E-state index in [4.69, 9.17) is 4.74 Å². The van der Waals surface area contributed by atoms with Gasteiger partial charge in [0.25, 0.3) is 0 Å². The molecule has 6 nitrogen and oxygen atoms in total. The van der Waals surface area contributed by atoms with Crippen LogP contribution in [0.4, 0.5) is 0 Å². The van der Waals surface area contributed by atoms with Crippen molar-refractivity contribution in [3.63, 3.8) is 0 Å². The quantitative estimate of drug-likeness (QED) is 0.851. The fourth-order valence-electron chi connectivity index (χ4n) is 4.27. The molecule has 1 aliphatic heterocycles. The maximum Gasteiger partial charge on any atom is 0.311 e. The minimum Gasteiger partial charge on any atom is -0.497 e. The fourth-order valence-corrected chi connectivity index (χ4v) is 4.27. The van der Waals surface area contributed by atoms with Gasteiger partial charge in [-0.2, -0.15) is 0 Å². The summed E-state index contributed by atoms with van der Waals surface area (Å²) in [6.07, 6.45) is 2.67. The van der Waals surface area contributed by atoms with E-state index >= 15 is 0 Å². The van der Waals surface area contributed by atoms with Crippen LogP contribution < -0.4 is 4.74 Å². The molecule has 0 aromatic heterocycles. The zero-order valence-electron chi connectivity index (χ0n) is 14.9. The van der Waals surface area contributed by atoms with Gasteiger partial charge in [0, 0.05) is 26.7 Å². The molecule has 2 aliphatic rings. The van der Waals surface area contributed by atoms with E-state index in [1.54, 1.807) is 19.1 Å². The number of nitrogens with zero attached hydrogens (tertiary/aromatic N) is 2. The zero-order valence-corrected chi connectivity index (χ0v) is 14.9. The average Bonchev–Trinajstić information content (AvgIpc) is 3.13. The number of amides is 1. The normalized spacial score (nSPS) is 25.6. The third-order valence-corrected chi connectivity index (χ3v) is 5.73. The Labute approximate surface area is 148 Å². The number of ether oxygens (including phenoxy) is 1. The maximum atomic E-state index is 12.5. The largest absolute Gasteiger partial charge is 0.497 e. The second-order valence-corrected chi connectivity index (χ2v) is 7.32. The highest BCUT2D eigenvalue weighted by atomic mass is 16.5. The standard InChI is InChI=1S/C19H26N2O4/c1-20(10-14-5-7-16(25-2)8-6-14)17(22)12-21-11-15-4-3-9-19(15,13-21)18(23)24/h5-8,15H,3-4,9-13H2,1-2H3,(H,23,24)/t15-,19+/m0/s1. The van der Waals surface area contributed by atoms with Crippen molar-refractivity contribution in [2.75, 3.05) is 33.8 Å². The highest BCUT2D eigenvalue weighted by molar-refractivity contribution is 5.79. The summed E-state index contributed by atoms with van der Waals surface area (Å²) >= 11 is 0. The van der Waals surface area contributed by atoms with E-state index in [1.165, 1.54) is 0 Å². The van der Waals surface area contributed by atoms with Gasteiger partial charge in [0.05, 0.1) is 19.1 Å². The number of likely N-dealkylation sites (N-methyl/N-ethyl adjacent to an activating group) is 1. The number of hydrogen-bond donors (Lipinski definition) is 1. The maximum absolute atomic E-state index is 12.5. The van der Waals surface area contributed by atoms with Crippen LogP contribution in [0.2, 0.25) is 0 Å². The molecule has 0 bridgehead atoms. The second-order valence-electron chi connectivity index (χ2n) is 7.32. The third kappa shape index (κ3) is 3.49. The predicted octanol–water partition coefficient (Wildman–Crippen LogP) is 1.84. The number of methoxy groups -OCH3 is 1. The molecule has 1 amide bonds. The first-order chi connectivity index (χ1) is 11.9. The Morgan fingerprint density at radius 3 is 2.68 bits per heavy atom. The van der Waals surface area contributed by atoms with Crippen LogP contribution >= 0.6 is 0 Å². The Hall–Kier alpha value is -2.08. The van der Waals surface area contributed by atoms with E-state index in [0.717, 1.165) is 30.6 Å². The lowest BCUT2D eigenvalue weighted by Gasteiger charge is -2.24. The molecule has 2 atom stereocenters. The predicted molar refractivity (Wildman–Crippen MR) is 93.3 cm³/mol. The van der Waals surface area contributed by atoms with Crippen LogP contribution in [0.15, 0.2) is 24.3 Å². The van der Waals surface area contributed by atoms with Crippen LogP contribution in [-0.4, -0.2) is 60.6 Å². The third-order valence-electron chi connectivity index (χ3n) is 5.73. The molecule has 0 unspecified atom stereocenters. The minimum atomic E-state index is -0.698. The van der Waals surface area contributed by atoms with Gasteiger partial charge >= 0.3 is 5.97 Å². The SMILES string of the molecule is COc1ccc(CN(C)C(=O)CN2C[C@@H]3CCC[C@@]3(C(=O)O)C2)cc1. The molecule has 25 heavy (non-hydrogen) atoms. The van der Waals surface area contributed by atoms with Crippen molar-refractivity contribution >= 4 is 11.9 Å². The van der Waals surface area contributed by atoms with Gasteiger partial charge in [0.1, 0.15) is 5.75 Å². The van der Waals surface area contributed by atoms with E-state index in [1.807, 2.05) is 29.2 Å². The lowest BCUT2D eigenvalue weighted by molar-refractivity contribution is -0.149. The van der Waals surface area contributed by atoms with Crippen molar-refractivity contribution < 1.29 is 19.4 Å². The summed E-state index contributed by atoms with van der Waals surface area (Å²) in [7, 11) is 3.41. The van der Waals surface area contributed by atoms with Crippen molar-refractivity contribution in [2.24, 2.45) is 11.3 Å². The number of carboxylic acid groups (broad SMARTS) is 1. The first-order valence-electron chi connectivity index (χ1n) is 8.77. The van der Waals surface area contributed by atoms with Gasteiger partial charge in [-0.05, 0) is 36.5 Å². The van der Waals surface area contributed by atoms with E-state index < -0.39 is 11.4 Å². The molecule has 1 saturated heterocycles. The first-order valence-corrected chi connectivity index (χ1v) is 8.77. The monoisotopic (exact) mass is 346 g/mol. The van der Waals surface area contributed by atoms with Crippen LogP contribution in [0.25, 0.3) is 0 Å². The van der Waals surface area contributed by atoms with Crippen molar-refractivity contribution in [1.29, 1.82) is 0 Å². The molecule has 136 valence electrons. The Morgan fingerprint density at radius 2 is 2.08 bits per heavy atom. The molecule has 1 saturated carbocycles. The number of rotatable bonds is 6. The Morgan fingerprint density at radius 1 is 1.36 bits per heavy atom. The molecular weight excluding hydrogens is 320 g/mol. The molecule has 2 fully saturated rings. The molecule has 1 aromatic carbocycles. The molecule has 0 radical (unpaired) electrons. The molecule has 1 aromatic rings. The van der Waals surface area contributed by atoms with Crippen molar-refractivity contribution in [3.05, 3.63) is 29.8 Å². The van der Waals surface area contributed by atoms with Crippen LogP contribution in [0.5, 0.6) is 5.75 Å². The number of carbonyl (C=O) groups excluding carboxylic acids is 1. The van der Waals surface area contributed by atoms with Crippen LogP contribution in [0.3, 0.4) is 0 Å². The number of carboxylic acids is 1. The van der Waals surface area contributed by atoms with Crippen LogP contribution in [0, 0.1) is 11.3 Å². The van der Waals surface area contributed by atoms with Crippen molar-refractivity contribution in [1.82, 2.24) is 9.80 Å². The number of benzene rings is 1. The summed E-state index contributed by atoms with van der Waals surface area (Å²) in [5.41, 5.74) is 0.409. The molecule has 3 rings (SSSR count). The topological polar surface area (TPSA) is 70.1 Å². The molecule has 1 N–H and O–H groups in total. The van der Waals surface area contributed by atoms with Gasteiger partial charge < -0.3 is 14.7 Å². The average molecular weight is 346 g/mol. The van der Waals surface area contributed by atoms with Gasteiger partial charge in [0.2, 0.25) is 5.91 Å². The van der Waals surface area contributed by atoms with Crippen LogP contribution in [0.1, 0.15) is 24.8 Å². The number of hydrogen-bond acceptors (Lipinski definition) is 4. The van der Waals surface area contributed by atoms with Gasteiger partial charge in [-0.15, -0.1) is 0 Å². The van der Waals surface area contributed by atoms with Gasteiger partial charge in [-0.3, -0.25) is 14.5 Å². The summed E-state index contributed by atoms with van der Waals surface area (Å²) in [6, 6.07) is 7.66. The highest BCUT2D eigenvalue weighted by Crippen LogP contribution is 2.48. The Balaban J connectivity index is 1.56. The smallest absolute Gasteiger partial charge is 0.311 e. The summed E-state index contributed by atoms with van der Waals surface area (Å²) in [4.78, 5) is 28.0. The fraction of sp³-hybridized carbons (Fsp3) is 0.579. The van der Waals surface area contributed by atoms with Gasteiger partial charge in [-0.1, -0.05) is 18.6 Å². The molecule has 1 heterocycles. The van der Waals surface area contributed by atoms with E-state index in [2.05, 4.69) is 0 Å². The minimum absolute atomic E-state index is 0.0244. The lowest BCUT2D eigenvalue weighted by atomic mass is 9.81. The number of aliphatic carboxylic acids is 1. The van der Waals surface area contributed by atoms with Crippen molar-refractivity contribution in [2.45, 2.75) is 25.8 Å². The zero-order chi connectivity index (χ0) is 18.0. The van der Waals surface area contributed by atoms with Crippen LogP contribution in [-0.2, 0) is 16.1 Å². The van der Waals surface area contributed by atoms with E-state index in [9.17, 15) is 14.7 Å². The summed E-state index contributed by atoms with van der Waals surface area (Å²) in [5.74, 6) is 0.304. The lowest BCUT2D eigenvalue weighted by Crippen LogP contribution is -2.40. The molecule has 0 spiro atoms. The van der Waals surface area contributed by atoms with Gasteiger partial charge in [0.15, 0.2) is 0 Å². The molecular formula is C19H26N2O4. The summed E-state index contributed by atoms with van der Waals surface area (Å²) < 4.78 is 5.14. The van der Waals surface area contributed by atoms with E-state index in [-0.39, 0.29) is 18.4 Å². The second kappa shape index (κ2) is 7.04. The molecule has 1 aliphatic carbocycles.